The van der Waals surface area contributed by atoms with Gasteiger partial charge in [0.25, 0.3) is 5.56 Å². The second-order valence-electron chi connectivity index (χ2n) is 9.53. The van der Waals surface area contributed by atoms with Crippen LogP contribution in [0.3, 0.4) is 0 Å². The fourth-order valence-corrected chi connectivity index (χ4v) is 8.21. The average Bonchev–Trinajstić information content (AvgIpc) is 3.24. The molecule has 0 radical (unpaired) electrons. The molecule has 6 N–H and O–H groups in total. The Morgan fingerprint density at radius 3 is 2.47 bits per heavy atom. The third-order valence-corrected chi connectivity index (χ3v) is 11.6. The van der Waals surface area contributed by atoms with Gasteiger partial charge in [0.15, 0.2) is 0 Å². The molecule has 3 unspecified atom stereocenters. The van der Waals surface area contributed by atoms with Gasteiger partial charge >= 0.3 is 29.2 Å². The summed E-state index contributed by atoms with van der Waals surface area (Å²) >= 11 is 0. The van der Waals surface area contributed by atoms with Crippen LogP contribution >= 0.6 is 45.1 Å². The van der Waals surface area contributed by atoms with Crippen molar-refractivity contribution in [3.63, 3.8) is 0 Å². The third-order valence-electron chi connectivity index (χ3n) is 4.83. The molecule has 1 aliphatic rings. The van der Waals surface area contributed by atoms with E-state index in [2.05, 4.69) is 30.8 Å². The first-order valence-corrected chi connectivity index (χ1v) is 19.0. The molecule has 0 aliphatic carbocycles. The van der Waals surface area contributed by atoms with E-state index in [-0.39, 0.29) is 41.5 Å². The van der Waals surface area contributed by atoms with Gasteiger partial charge in [0.2, 0.25) is 5.91 Å². The Kier molecular flexibility index (Phi) is 14.0. The summed E-state index contributed by atoms with van der Waals surface area (Å²) in [5.41, 5.74) is -1.79. The minimum Gasteiger partial charge on any atom is -0.364 e. The molecule has 2 rings (SSSR count). The summed E-state index contributed by atoms with van der Waals surface area (Å²) in [7, 11) is -13.9. The van der Waals surface area contributed by atoms with Crippen molar-refractivity contribution in [1.29, 1.82) is 0 Å². The summed E-state index contributed by atoms with van der Waals surface area (Å²) in [5, 5.41) is 2.51. The van der Waals surface area contributed by atoms with E-state index in [9.17, 15) is 37.9 Å². The topological polar surface area (TPSA) is 262 Å². The molecule has 0 saturated carbocycles. The number of H-pyrrole nitrogens is 1. The lowest BCUT2D eigenvalue weighted by molar-refractivity contribution is -0.120. The highest BCUT2D eigenvalue weighted by atomic mass is 33.1. The standard InChI is InChI=1S/C20H32N3O15P3S2/c1-5-16(24)21-8-6-7-13-10-23(19(26)22-18(13)25)17-9-14(34-12-42-43-20(2,3)4)15(36-17)11-35-40(30,31)38-41(32,33)37-39(27,28)29/h10,14-15,17H,5,8-9,11-12H2,1-4H3,(H,21,24)(H,30,31)(H,32,33)(H,22,25,26)(H2,27,28,29)/t14?,15-,17-/m1/s1. The van der Waals surface area contributed by atoms with Crippen LogP contribution in [-0.4, -0.2) is 71.1 Å². The molecule has 1 fully saturated rings. The fraction of sp³-hybridized carbons (Fsp3) is 0.650. The number of hydrogen-bond acceptors (Lipinski definition) is 13. The lowest BCUT2D eigenvalue weighted by Crippen LogP contribution is -2.34. The van der Waals surface area contributed by atoms with E-state index in [0.29, 0.717) is 0 Å². The highest BCUT2D eigenvalue weighted by molar-refractivity contribution is 8.77. The minimum absolute atomic E-state index is 0.0312. The molecule has 5 atom stereocenters. The van der Waals surface area contributed by atoms with E-state index in [1.165, 1.54) is 21.6 Å². The lowest BCUT2D eigenvalue weighted by atomic mass is 10.2. The molecule has 1 aromatic heterocycles. The van der Waals surface area contributed by atoms with Crippen molar-refractivity contribution < 1.29 is 60.7 Å². The number of carbonyl (C=O) groups is 1. The van der Waals surface area contributed by atoms with Gasteiger partial charge < -0.3 is 34.4 Å². The second kappa shape index (κ2) is 15.8. The van der Waals surface area contributed by atoms with E-state index < -0.39 is 59.8 Å². The van der Waals surface area contributed by atoms with Crippen molar-refractivity contribution in [2.75, 3.05) is 19.1 Å². The molecule has 0 spiro atoms. The summed E-state index contributed by atoms with van der Waals surface area (Å²) in [6.07, 6.45) is -1.84. The number of rotatable bonds is 14. The highest BCUT2D eigenvalue weighted by Crippen LogP contribution is 2.66. The Morgan fingerprint density at radius 1 is 1.19 bits per heavy atom. The van der Waals surface area contributed by atoms with Crippen LogP contribution in [0.15, 0.2) is 15.8 Å². The Morgan fingerprint density at radius 2 is 1.86 bits per heavy atom. The van der Waals surface area contributed by atoms with Crippen LogP contribution in [0.5, 0.6) is 0 Å². The molecule has 1 amide bonds. The first kappa shape index (κ1) is 37.9. The second-order valence-corrected chi connectivity index (χ2v) is 17.0. The van der Waals surface area contributed by atoms with Crippen LogP contribution < -0.4 is 16.6 Å². The number of phosphoric acid groups is 3. The Labute approximate surface area is 253 Å². The number of amides is 1. The molecule has 23 heteroatoms. The number of ether oxygens (including phenoxy) is 2. The molecular weight excluding hydrogens is 679 g/mol. The van der Waals surface area contributed by atoms with Gasteiger partial charge in [-0.3, -0.25) is 23.7 Å². The van der Waals surface area contributed by atoms with Crippen molar-refractivity contribution in [3.05, 3.63) is 32.6 Å². The van der Waals surface area contributed by atoms with Crippen molar-refractivity contribution in [1.82, 2.24) is 14.9 Å². The lowest BCUT2D eigenvalue weighted by Gasteiger charge is -2.22. The van der Waals surface area contributed by atoms with Crippen LogP contribution in [-0.2, 0) is 41.1 Å². The van der Waals surface area contributed by atoms with Gasteiger partial charge in [0.1, 0.15) is 23.8 Å². The largest absolute Gasteiger partial charge is 0.490 e. The molecular formula is C20H32N3O15P3S2. The first-order valence-electron chi connectivity index (χ1n) is 12.2. The number of aromatic amines is 1. The fourth-order valence-electron chi connectivity index (χ4n) is 3.18. The van der Waals surface area contributed by atoms with Crippen LogP contribution in [0.2, 0.25) is 0 Å². The molecule has 1 saturated heterocycles. The molecule has 0 aromatic carbocycles. The molecule has 18 nitrogen and oxygen atoms in total. The average molecular weight is 712 g/mol. The summed E-state index contributed by atoms with van der Waals surface area (Å²) in [4.78, 5) is 74.9. The van der Waals surface area contributed by atoms with E-state index in [4.69, 9.17) is 23.8 Å². The Hall–Kier alpha value is -1.26. The third kappa shape index (κ3) is 14.1. The molecule has 0 bridgehead atoms. The SMILES string of the molecule is CCC(=O)NCC#Cc1cn([C@H]2CC(OCSSC(C)(C)C)[C@@H](COP(=O)(O)OP(=O)(O)OP(=O)(O)O)O2)c(=O)[nH]c1=O. The van der Waals surface area contributed by atoms with Gasteiger partial charge in [-0.2, -0.15) is 8.62 Å². The minimum atomic E-state index is -5.74. The van der Waals surface area contributed by atoms with E-state index in [1.54, 1.807) is 6.92 Å². The number of aromatic nitrogens is 2. The molecule has 43 heavy (non-hydrogen) atoms. The van der Waals surface area contributed by atoms with E-state index in [1.807, 2.05) is 20.8 Å². The molecule has 1 aliphatic heterocycles. The summed E-state index contributed by atoms with van der Waals surface area (Å²) in [6.45, 7) is 6.72. The zero-order chi connectivity index (χ0) is 32.6. The number of phosphoric ester groups is 1. The van der Waals surface area contributed by atoms with E-state index >= 15 is 0 Å². The predicted octanol–water partition coefficient (Wildman–Crippen LogP) is 1.57. The van der Waals surface area contributed by atoms with Crippen molar-refractivity contribution in [3.8, 4) is 11.8 Å². The summed E-state index contributed by atoms with van der Waals surface area (Å²) < 4.78 is 59.4. The predicted molar refractivity (Wildman–Crippen MR) is 155 cm³/mol. The van der Waals surface area contributed by atoms with Gasteiger partial charge in [-0.25, -0.2) is 18.5 Å². The van der Waals surface area contributed by atoms with Gasteiger partial charge in [-0.15, -0.1) is 0 Å². The number of hydrogen-bond donors (Lipinski definition) is 6. The summed E-state index contributed by atoms with van der Waals surface area (Å²) in [6, 6.07) is 0. The highest BCUT2D eigenvalue weighted by Gasteiger charge is 2.43. The normalized spacial score (nSPS) is 21.8. The van der Waals surface area contributed by atoms with Crippen LogP contribution in [0.1, 0.15) is 52.3 Å². The quantitative estimate of drug-likeness (QED) is 0.0526. The monoisotopic (exact) mass is 711 g/mol. The van der Waals surface area contributed by atoms with Crippen molar-refractivity contribution >= 4 is 51.0 Å². The van der Waals surface area contributed by atoms with E-state index in [0.717, 1.165) is 10.8 Å². The number of nitrogens with one attached hydrogen (secondary N) is 2. The number of nitrogens with zero attached hydrogens (tertiary/aromatic N) is 1. The first-order chi connectivity index (χ1) is 19.7. The maximum Gasteiger partial charge on any atom is 0.490 e. The van der Waals surface area contributed by atoms with Crippen LogP contribution in [0.25, 0.3) is 0 Å². The molecule has 1 aromatic rings. The molecule has 244 valence electrons. The maximum absolute atomic E-state index is 12.6. The smallest absolute Gasteiger partial charge is 0.364 e. The van der Waals surface area contributed by atoms with Crippen molar-refractivity contribution in [2.24, 2.45) is 0 Å². The van der Waals surface area contributed by atoms with Gasteiger partial charge in [-0.1, -0.05) is 61.1 Å². The Bertz CT molecular complexity index is 1460. The zero-order valence-corrected chi connectivity index (χ0v) is 27.5. The Balaban J connectivity index is 2.23. The van der Waals surface area contributed by atoms with Crippen molar-refractivity contribution in [2.45, 2.75) is 63.7 Å². The van der Waals surface area contributed by atoms with Crippen LogP contribution in [0.4, 0.5) is 0 Å². The molecule has 2 heterocycles. The maximum atomic E-state index is 12.6. The zero-order valence-electron chi connectivity index (χ0n) is 23.2. The summed E-state index contributed by atoms with van der Waals surface area (Å²) in [5.74, 6) is 5.01. The van der Waals surface area contributed by atoms with Gasteiger partial charge in [0.05, 0.1) is 19.3 Å². The number of carbonyl (C=O) groups excluding carboxylic acids is 1. The van der Waals surface area contributed by atoms with Gasteiger partial charge in [-0.05, 0) is 0 Å². The van der Waals surface area contributed by atoms with Gasteiger partial charge in [0, 0.05) is 23.8 Å². The van der Waals surface area contributed by atoms with Crippen LogP contribution in [0, 0.1) is 11.8 Å².